The van der Waals surface area contributed by atoms with E-state index >= 15 is 0 Å². The summed E-state index contributed by atoms with van der Waals surface area (Å²) in [5.41, 5.74) is -0.502. The molecule has 0 unspecified atom stereocenters. The van der Waals surface area contributed by atoms with Crippen molar-refractivity contribution in [3.8, 4) is 17.4 Å². The fourth-order valence-corrected chi connectivity index (χ4v) is 3.11. The fourth-order valence-electron chi connectivity index (χ4n) is 3.11. The molecule has 0 spiro atoms. The van der Waals surface area contributed by atoms with Gasteiger partial charge in [-0.1, -0.05) is 0 Å². The first-order chi connectivity index (χ1) is 15.7. The quantitative estimate of drug-likeness (QED) is 0.328. The SMILES string of the molecule is CCOC(=O)OC1CCN(c2ncnc(Oc3ccc(OC(F)(F)F)cc3)c2[N+](=O)[O-])CC1. The Bertz CT molecular complexity index is 980. The number of alkyl halides is 3. The zero-order valence-electron chi connectivity index (χ0n) is 17.3. The molecular weight excluding hydrogens is 453 g/mol. The number of halogens is 3. The van der Waals surface area contributed by atoms with Crippen molar-refractivity contribution in [1.82, 2.24) is 9.97 Å². The lowest BCUT2D eigenvalue weighted by Crippen LogP contribution is -2.38. The van der Waals surface area contributed by atoms with Crippen LogP contribution in [-0.2, 0) is 9.47 Å². The van der Waals surface area contributed by atoms with Gasteiger partial charge < -0.3 is 23.8 Å². The van der Waals surface area contributed by atoms with Gasteiger partial charge in [0.05, 0.1) is 11.5 Å². The van der Waals surface area contributed by atoms with Crippen molar-refractivity contribution < 1.29 is 41.8 Å². The van der Waals surface area contributed by atoms with Gasteiger partial charge in [-0.3, -0.25) is 10.1 Å². The van der Waals surface area contributed by atoms with Gasteiger partial charge in [0.2, 0.25) is 5.82 Å². The Labute approximate surface area is 185 Å². The lowest BCUT2D eigenvalue weighted by Gasteiger charge is -2.31. The van der Waals surface area contributed by atoms with Gasteiger partial charge >= 0.3 is 24.1 Å². The summed E-state index contributed by atoms with van der Waals surface area (Å²) in [5.74, 6) is -0.824. The Hall–Kier alpha value is -3.84. The van der Waals surface area contributed by atoms with Crippen molar-refractivity contribution >= 4 is 17.7 Å². The van der Waals surface area contributed by atoms with Crippen LogP contribution in [0.2, 0.25) is 0 Å². The number of ether oxygens (including phenoxy) is 4. The van der Waals surface area contributed by atoms with Crippen LogP contribution < -0.4 is 14.4 Å². The number of piperidine rings is 1. The highest BCUT2D eigenvalue weighted by atomic mass is 19.4. The van der Waals surface area contributed by atoms with Gasteiger partial charge in [-0.05, 0) is 31.2 Å². The molecule has 14 heteroatoms. The van der Waals surface area contributed by atoms with E-state index in [9.17, 15) is 28.1 Å². The zero-order chi connectivity index (χ0) is 24.0. The summed E-state index contributed by atoms with van der Waals surface area (Å²) in [7, 11) is 0. The minimum absolute atomic E-state index is 0.0107. The van der Waals surface area contributed by atoms with Crippen molar-refractivity contribution in [2.45, 2.75) is 32.2 Å². The first-order valence-electron chi connectivity index (χ1n) is 9.77. The van der Waals surface area contributed by atoms with Crippen LogP contribution >= 0.6 is 0 Å². The maximum absolute atomic E-state index is 12.3. The Morgan fingerprint density at radius 2 is 1.82 bits per heavy atom. The second kappa shape index (κ2) is 10.2. The number of hydrogen-bond donors (Lipinski definition) is 0. The third kappa shape index (κ3) is 6.57. The number of carbonyl (C=O) groups excluding carboxylic acids is 1. The third-order valence-electron chi connectivity index (χ3n) is 4.49. The smallest absolute Gasteiger partial charge is 0.435 e. The molecule has 178 valence electrons. The summed E-state index contributed by atoms with van der Waals surface area (Å²) in [6, 6.07) is 4.33. The molecule has 11 nitrogen and oxygen atoms in total. The highest BCUT2D eigenvalue weighted by molar-refractivity contribution is 5.64. The van der Waals surface area contributed by atoms with Crippen LogP contribution in [0.1, 0.15) is 19.8 Å². The van der Waals surface area contributed by atoms with E-state index in [1.165, 1.54) is 0 Å². The van der Waals surface area contributed by atoms with Crippen molar-refractivity contribution in [1.29, 1.82) is 0 Å². The zero-order valence-corrected chi connectivity index (χ0v) is 17.3. The minimum Gasteiger partial charge on any atom is -0.435 e. The number of carbonyl (C=O) groups is 1. The molecule has 0 radical (unpaired) electrons. The Morgan fingerprint density at radius 1 is 1.18 bits per heavy atom. The Balaban J connectivity index is 1.73. The predicted octanol–water partition coefficient (Wildman–Crippen LogP) is 4.22. The highest BCUT2D eigenvalue weighted by Gasteiger charge is 2.33. The predicted molar refractivity (Wildman–Crippen MR) is 105 cm³/mol. The van der Waals surface area contributed by atoms with Gasteiger partial charge in [-0.25, -0.2) is 9.78 Å². The second-order valence-electron chi connectivity index (χ2n) is 6.72. The number of anilines is 1. The van der Waals surface area contributed by atoms with Crippen molar-refractivity contribution in [2.24, 2.45) is 0 Å². The van der Waals surface area contributed by atoms with Crippen LogP contribution in [0.5, 0.6) is 17.4 Å². The molecule has 0 saturated carbocycles. The van der Waals surface area contributed by atoms with E-state index in [0.29, 0.717) is 25.9 Å². The molecule has 1 aliphatic rings. The van der Waals surface area contributed by atoms with Crippen LogP contribution in [-0.4, -0.2) is 53.2 Å². The van der Waals surface area contributed by atoms with E-state index in [1.807, 2.05) is 0 Å². The first-order valence-corrected chi connectivity index (χ1v) is 9.77. The molecule has 0 atom stereocenters. The average molecular weight is 472 g/mol. The lowest BCUT2D eigenvalue weighted by atomic mass is 10.1. The molecule has 1 aromatic carbocycles. The van der Waals surface area contributed by atoms with Crippen LogP contribution in [0.3, 0.4) is 0 Å². The van der Waals surface area contributed by atoms with Crippen molar-refractivity contribution in [2.75, 3.05) is 24.6 Å². The van der Waals surface area contributed by atoms with Crippen LogP contribution in [0, 0.1) is 10.1 Å². The standard InChI is InChI=1S/C19H19F3N4O7/c1-2-30-18(27)32-13-7-9-25(10-8-13)16-15(26(28)29)17(24-11-23-16)31-12-3-5-14(6-4-12)33-19(20,21)22/h3-6,11,13H,2,7-10H2,1H3. The summed E-state index contributed by atoms with van der Waals surface area (Å²) < 4.78 is 56.0. The molecule has 0 N–H and O–H groups in total. The molecule has 33 heavy (non-hydrogen) atoms. The topological polar surface area (TPSA) is 126 Å². The molecule has 1 aromatic heterocycles. The van der Waals surface area contributed by atoms with Gasteiger partial charge in [-0.15, -0.1) is 13.2 Å². The maximum Gasteiger partial charge on any atom is 0.573 e. The minimum atomic E-state index is -4.85. The van der Waals surface area contributed by atoms with E-state index in [-0.39, 0.29) is 24.1 Å². The molecule has 0 amide bonds. The van der Waals surface area contributed by atoms with E-state index in [1.54, 1.807) is 11.8 Å². The van der Waals surface area contributed by atoms with Gasteiger partial charge in [-0.2, -0.15) is 4.98 Å². The maximum atomic E-state index is 12.3. The van der Waals surface area contributed by atoms with Gasteiger partial charge in [0.15, 0.2) is 0 Å². The molecule has 2 aromatic rings. The van der Waals surface area contributed by atoms with Gasteiger partial charge in [0, 0.05) is 25.9 Å². The molecular formula is C19H19F3N4O7. The van der Waals surface area contributed by atoms with Crippen LogP contribution in [0.4, 0.5) is 29.5 Å². The summed E-state index contributed by atoms with van der Waals surface area (Å²) in [5, 5.41) is 11.8. The van der Waals surface area contributed by atoms with E-state index in [0.717, 1.165) is 30.6 Å². The molecule has 0 bridgehead atoms. The number of nitro groups is 1. The Morgan fingerprint density at radius 3 is 2.39 bits per heavy atom. The largest absolute Gasteiger partial charge is 0.573 e. The summed E-state index contributed by atoms with van der Waals surface area (Å²) in [6.07, 6.45) is -4.13. The average Bonchev–Trinajstić information content (AvgIpc) is 2.74. The normalized spacial score (nSPS) is 14.5. The lowest BCUT2D eigenvalue weighted by molar-refractivity contribution is -0.385. The summed E-state index contributed by atoms with van der Waals surface area (Å²) >= 11 is 0. The van der Waals surface area contributed by atoms with E-state index < -0.39 is 35.0 Å². The first kappa shape index (κ1) is 23.8. The van der Waals surface area contributed by atoms with Crippen LogP contribution in [0.25, 0.3) is 0 Å². The third-order valence-corrected chi connectivity index (χ3v) is 4.49. The summed E-state index contributed by atoms with van der Waals surface area (Å²) in [6.45, 7) is 2.46. The number of benzene rings is 1. The van der Waals surface area contributed by atoms with E-state index in [2.05, 4.69) is 14.7 Å². The fraction of sp³-hybridized carbons (Fsp3) is 0.421. The molecule has 1 fully saturated rings. The number of aromatic nitrogens is 2. The molecule has 0 aliphatic carbocycles. The Kier molecular flexibility index (Phi) is 7.35. The molecule has 1 aliphatic heterocycles. The highest BCUT2D eigenvalue weighted by Crippen LogP contribution is 2.37. The molecule has 2 heterocycles. The number of nitrogens with zero attached hydrogens (tertiary/aromatic N) is 4. The second-order valence-corrected chi connectivity index (χ2v) is 6.72. The van der Waals surface area contributed by atoms with Crippen LogP contribution in [0.15, 0.2) is 30.6 Å². The monoisotopic (exact) mass is 472 g/mol. The van der Waals surface area contributed by atoms with Crippen molar-refractivity contribution in [3.05, 3.63) is 40.7 Å². The van der Waals surface area contributed by atoms with Gasteiger partial charge in [0.25, 0.3) is 0 Å². The van der Waals surface area contributed by atoms with Gasteiger partial charge in [0.1, 0.15) is 23.9 Å². The molecule has 3 rings (SSSR count). The number of rotatable bonds is 7. The molecule has 1 saturated heterocycles. The number of hydrogen-bond acceptors (Lipinski definition) is 10. The van der Waals surface area contributed by atoms with Crippen molar-refractivity contribution in [3.63, 3.8) is 0 Å². The van der Waals surface area contributed by atoms with E-state index in [4.69, 9.17) is 14.2 Å². The summed E-state index contributed by atoms with van der Waals surface area (Å²) in [4.78, 5) is 32.0.